The second kappa shape index (κ2) is 10.2. The standard InChI is InChI=1S/C32H28N2O7S/c1-19-9-14-26-24(15-19)29-28-21(18-33(31(28)35)17-20-7-5-6-8-27(20)40-3)16-25(32(36)41-4)30(29)34(26)42(37,38)23-12-10-22(39-2)11-13-23/h5-16H,17-18H2,1-4H3. The van der Waals surface area contributed by atoms with Crippen LogP contribution >= 0.6 is 0 Å². The fourth-order valence-electron chi connectivity index (χ4n) is 5.69. The van der Waals surface area contributed by atoms with Crippen LogP contribution in [0, 0.1) is 6.92 Å². The smallest absolute Gasteiger partial charge is 0.340 e. The minimum Gasteiger partial charge on any atom is -0.497 e. The molecule has 0 saturated heterocycles. The van der Waals surface area contributed by atoms with Gasteiger partial charge in [0.25, 0.3) is 15.9 Å². The average Bonchev–Trinajstić information content (AvgIpc) is 3.50. The summed E-state index contributed by atoms with van der Waals surface area (Å²) in [7, 11) is 0.0723. The van der Waals surface area contributed by atoms with Gasteiger partial charge in [-0.2, -0.15) is 0 Å². The average molecular weight is 585 g/mol. The molecule has 0 spiro atoms. The number of aromatic nitrogens is 1. The number of nitrogens with zero attached hydrogens (tertiary/aromatic N) is 2. The fourth-order valence-corrected chi connectivity index (χ4v) is 7.23. The van der Waals surface area contributed by atoms with E-state index in [-0.39, 0.29) is 35.0 Å². The van der Waals surface area contributed by atoms with Gasteiger partial charge in [-0.25, -0.2) is 17.2 Å². The number of carbonyl (C=O) groups excluding carboxylic acids is 2. The number of para-hydroxylation sites is 1. The second-order valence-electron chi connectivity index (χ2n) is 10.1. The molecule has 10 heteroatoms. The van der Waals surface area contributed by atoms with Crippen molar-refractivity contribution in [1.82, 2.24) is 8.87 Å². The maximum Gasteiger partial charge on any atom is 0.340 e. The number of aryl methyl sites for hydroxylation is 1. The van der Waals surface area contributed by atoms with Crippen molar-refractivity contribution >= 4 is 43.7 Å². The lowest BCUT2D eigenvalue weighted by Gasteiger charge is -2.17. The van der Waals surface area contributed by atoms with E-state index in [4.69, 9.17) is 14.2 Å². The number of fused-ring (bicyclic) bond motifs is 5. The van der Waals surface area contributed by atoms with E-state index in [1.54, 1.807) is 42.3 Å². The highest BCUT2D eigenvalue weighted by atomic mass is 32.2. The van der Waals surface area contributed by atoms with Crippen molar-refractivity contribution in [3.63, 3.8) is 0 Å². The van der Waals surface area contributed by atoms with Crippen molar-refractivity contribution in [2.45, 2.75) is 24.9 Å². The lowest BCUT2D eigenvalue weighted by Crippen LogP contribution is -2.23. The summed E-state index contributed by atoms with van der Waals surface area (Å²) in [4.78, 5) is 29.0. The van der Waals surface area contributed by atoms with E-state index in [0.29, 0.717) is 38.9 Å². The highest BCUT2D eigenvalue weighted by molar-refractivity contribution is 7.90. The topological polar surface area (TPSA) is 104 Å². The maximum atomic E-state index is 14.3. The summed E-state index contributed by atoms with van der Waals surface area (Å²) in [5.74, 6) is 0.184. The number of rotatable bonds is 7. The van der Waals surface area contributed by atoms with Crippen LogP contribution in [0.5, 0.6) is 11.5 Å². The van der Waals surface area contributed by atoms with E-state index in [1.807, 2.05) is 37.3 Å². The minimum absolute atomic E-state index is 0.00288. The molecule has 0 N–H and O–H groups in total. The fraction of sp³-hybridized carbons (Fsp3) is 0.188. The molecule has 0 saturated carbocycles. The Morgan fingerprint density at radius 3 is 2.36 bits per heavy atom. The number of methoxy groups -OCH3 is 3. The first-order chi connectivity index (χ1) is 20.2. The number of hydrogen-bond acceptors (Lipinski definition) is 7. The summed E-state index contributed by atoms with van der Waals surface area (Å²) in [5.41, 5.74) is 3.19. The van der Waals surface area contributed by atoms with Gasteiger partial charge in [0.1, 0.15) is 11.5 Å². The lowest BCUT2D eigenvalue weighted by molar-refractivity contribution is 0.0602. The second-order valence-corrected chi connectivity index (χ2v) is 11.9. The van der Waals surface area contributed by atoms with Crippen molar-refractivity contribution in [1.29, 1.82) is 0 Å². The highest BCUT2D eigenvalue weighted by Gasteiger charge is 2.36. The highest BCUT2D eigenvalue weighted by Crippen LogP contribution is 2.42. The zero-order valence-electron chi connectivity index (χ0n) is 23.5. The summed E-state index contributed by atoms with van der Waals surface area (Å²) in [6.45, 7) is 2.39. The van der Waals surface area contributed by atoms with Crippen LogP contribution in [0.4, 0.5) is 0 Å². The van der Waals surface area contributed by atoms with Gasteiger partial charge in [-0.1, -0.05) is 29.8 Å². The summed E-state index contributed by atoms with van der Waals surface area (Å²) < 4.78 is 45.6. The van der Waals surface area contributed by atoms with Crippen molar-refractivity contribution in [2.75, 3.05) is 21.3 Å². The van der Waals surface area contributed by atoms with E-state index in [2.05, 4.69) is 0 Å². The van der Waals surface area contributed by atoms with E-state index in [9.17, 15) is 18.0 Å². The molecule has 1 aliphatic rings. The molecule has 0 atom stereocenters. The van der Waals surface area contributed by atoms with Crippen molar-refractivity contribution < 1.29 is 32.2 Å². The number of carbonyl (C=O) groups is 2. The first kappa shape index (κ1) is 27.3. The SMILES string of the molecule is COC(=O)c1cc2c(c3c4cc(C)ccc4n(S(=O)(=O)c4ccc(OC)cc4)c13)C(=O)N(Cc1ccccc1OC)C2. The molecule has 1 aliphatic heterocycles. The predicted octanol–water partition coefficient (Wildman–Crippen LogP) is 5.30. The molecule has 1 amide bonds. The molecule has 9 nitrogen and oxygen atoms in total. The van der Waals surface area contributed by atoms with E-state index < -0.39 is 16.0 Å². The van der Waals surface area contributed by atoms with Crippen LogP contribution < -0.4 is 9.47 Å². The molecule has 0 unspecified atom stereocenters. The van der Waals surface area contributed by atoms with Crippen LogP contribution in [0.25, 0.3) is 21.8 Å². The van der Waals surface area contributed by atoms with Crippen LogP contribution in [-0.2, 0) is 27.8 Å². The number of benzene rings is 4. The predicted molar refractivity (Wildman–Crippen MR) is 158 cm³/mol. The Bertz CT molecular complexity index is 2010. The Kier molecular flexibility index (Phi) is 6.65. The van der Waals surface area contributed by atoms with Crippen LogP contribution in [-0.4, -0.2) is 50.5 Å². The van der Waals surface area contributed by atoms with Crippen molar-refractivity contribution in [2.24, 2.45) is 0 Å². The van der Waals surface area contributed by atoms with Gasteiger partial charge in [-0.05, 0) is 61.0 Å². The van der Waals surface area contributed by atoms with Gasteiger partial charge in [-0.15, -0.1) is 0 Å². The first-order valence-corrected chi connectivity index (χ1v) is 14.6. The number of amides is 1. The Hall–Kier alpha value is -4.83. The molecule has 0 aliphatic carbocycles. The zero-order chi connectivity index (χ0) is 29.8. The molecular formula is C32H28N2O7S. The van der Waals surface area contributed by atoms with E-state index in [1.165, 1.54) is 26.4 Å². The normalized spacial score (nSPS) is 13.0. The van der Waals surface area contributed by atoms with Crippen LogP contribution in [0.15, 0.2) is 77.7 Å². The summed E-state index contributed by atoms with van der Waals surface area (Å²) in [5, 5.41) is 0.952. The lowest BCUT2D eigenvalue weighted by atomic mass is 9.98. The number of hydrogen-bond donors (Lipinski definition) is 0. The molecule has 214 valence electrons. The van der Waals surface area contributed by atoms with Crippen molar-refractivity contribution in [3.8, 4) is 11.5 Å². The Morgan fingerprint density at radius 2 is 1.67 bits per heavy atom. The third kappa shape index (κ3) is 4.18. The first-order valence-electron chi connectivity index (χ1n) is 13.2. The molecular weight excluding hydrogens is 556 g/mol. The number of esters is 1. The van der Waals surface area contributed by atoms with Gasteiger partial charge in [0.2, 0.25) is 0 Å². The molecule has 1 aromatic heterocycles. The quantitative estimate of drug-likeness (QED) is 0.239. The van der Waals surface area contributed by atoms with Gasteiger partial charge in [-0.3, -0.25) is 4.79 Å². The van der Waals surface area contributed by atoms with Gasteiger partial charge in [0.05, 0.1) is 48.4 Å². The molecule has 0 fully saturated rings. The Balaban J connectivity index is 1.65. The third-order valence-electron chi connectivity index (χ3n) is 7.64. The molecule has 5 aromatic rings. The van der Waals surface area contributed by atoms with Gasteiger partial charge < -0.3 is 19.1 Å². The molecule has 2 heterocycles. The van der Waals surface area contributed by atoms with Crippen LogP contribution in [0.2, 0.25) is 0 Å². The summed E-state index contributed by atoms with van der Waals surface area (Å²) in [6, 6.07) is 20.4. The van der Waals surface area contributed by atoms with Gasteiger partial charge in [0.15, 0.2) is 0 Å². The Morgan fingerprint density at radius 1 is 0.929 bits per heavy atom. The third-order valence-corrected chi connectivity index (χ3v) is 9.37. The van der Waals surface area contributed by atoms with Crippen LogP contribution in [0.1, 0.15) is 37.4 Å². The maximum absolute atomic E-state index is 14.3. The molecule has 0 bridgehead atoms. The zero-order valence-corrected chi connectivity index (χ0v) is 24.3. The van der Waals surface area contributed by atoms with E-state index >= 15 is 0 Å². The molecule has 0 radical (unpaired) electrons. The largest absolute Gasteiger partial charge is 0.497 e. The van der Waals surface area contributed by atoms with E-state index in [0.717, 1.165) is 15.1 Å². The van der Waals surface area contributed by atoms with Crippen molar-refractivity contribution in [3.05, 3.63) is 101 Å². The molecule has 6 rings (SSSR count). The van der Waals surface area contributed by atoms with Crippen LogP contribution in [0.3, 0.4) is 0 Å². The number of ether oxygens (including phenoxy) is 3. The molecule has 4 aromatic carbocycles. The Labute approximate surface area is 242 Å². The van der Waals surface area contributed by atoms with Gasteiger partial charge >= 0.3 is 5.97 Å². The molecule has 42 heavy (non-hydrogen) atoms. The van der Waals surface area contributed by atoms with Gasteiger partial charge in [0, 0.05) is 29.4 Å². The monoisotopic (exact) mass is 584 g/mol. The summed E-state index contributed by atoms with van der Waals surface area (Å²) >= 11 is 0. The minimum atomic E-state index is -4.24. The summed E-state index contributed by atoms with van der Waals surface area (Å²) in [6.07, 6.45) is 0.